The number of nitrogens with one attached hydrogen (secondary N) is 2. The van der Waals surface area contributed by atoms with Gasteiger partial charge in [0.15, 0.2) is 5.82 Å². The number of fused-ring (bicyclic) bond motifs is 5. The number of phenolic OH excluding ortho intramolecular Hbond substituents is 1. The topological polar surface area (TPSA) is 140 Å². The Hall–Kier alpha value is -5.04. The standard InChI is InChI=1S/C37H38FN7O5/c38-31-26(28-16-24(46)15-21-5-1-2-6-25(21)28)9-10-27-32(31)40-36(50-20-37-11-3-13-44(37)14-4-12-37)41-33(27)43-18-22-7-8-23(19-43)45(22)30(47)17-29-34(48)42-35(49)39-29/h1-2,5-6,9-10,15-16,22-23,29,46H,3-4,7-8,11-14,17-20H2,(H2,39,42,48,49)/t22-,23+,29-/m0/s1. The Kier molecular flexibility index (Phi) is 7.30. The number of imide groups is 1. The number of phenols is 1. The Morgan fingerprint density at radius 3 is 2.48 bits per heavy atom. The molecule has 13 heteroatoms. The molecule has 0 unspecified atom stereocenters. The molecule has 2 bridgehead atoms. The van der Waals surface area contributed by atoms with Crippen LogP contribution in [0.3, 0.4) is 0 Å². The Labute approximate surface area is 287 Å². The summed E-state index contributed by atoms with van der Waals surface area (Å²) in [5.41, 5.74) is 0.956. The average Bonchev–Trinajstić information content (AvgIpc) is 3.84. The summed E-state index contributed by atoms with van der Waals surface area (Å²) in [6, 6.07) is 12.7. The predicted octanol–water partition coefficient (Wildman–Crippen LogP) is 4.08. The number of nitrogens with zero attached hydrogens (tertiary/aromatic N) is 5. The van der Waals surface area contributed by atoms with E-state index < -0.39 is 23.8 Å². The highest BCUT2D eigenvalue weighted by Crippen LogP contribution is 2.42. The molecule has 9 rings (SSSR count). The highest BCUT2D eigenvalue weighted by Gasteiger charge is 2.46. The molecular weight excluding hydrogens is 641 g/mol. The molecule has 3 aromatic carbocycles. The Morgan fingerprint density at radius 1 is 0.980 bits per heavy atom. The third-order valence-corrected chi connectivity index (χ3v) is 11.5. The zero-order valence-corrected chi connectivity index (χ0v) is 27.5. The molecule has 3 N–H and O–H groups in total. The maximum Gasteiger partial charge on any atom is 0.322 e. The van der Waals surface area contributed by atoms with Gasteiger partial charge in [0.2, 0.25) is 5.91 Å². The lowest BCUT2D eigenvalue weighted by Gasteiger charge is -2.42. The summed E-state index contributed by atoms with van der Waals surface area (Å²) in [7, 11) is 0. The first-order chi connectivity index (χ1) is 24.3. The molecule has 258 valence electrons. The van der Waals surface area contributed by atoms with Gasteiger partial charge in [0, 0.05) is 36.1 Å². The largest absolute Gasteiger partial charge is 0.508 e. The molecule has 4 aromatic rings. The summed E-state index contributed by atoms with van der Waals surface area (Å²) in [5.74, 6) is -0.604. The third kappa shape index (κ3) is 5.09. The van der Waals surface area contributed by atoms with E-state index in [1.807, 2.05) is 35.2 Å². The quantitative estimate of drug-likeness (QED) is 0.247. The number of piperazine rings is 1. The van der Waals surface area contributed by atoms with Crippen molar-refractivity contribution in [1.29, 1.82) is 0 Å². The van der Waals surface area contributed by atoms with Gasteiger partial charge < -0.3 is 25.0 Å². The van der Waals surface area contributed by atoms with Crippen LogP contribution in [0.4, 0.5) is 15.0 Å². The second-order valence-electron chi connectivity index (χ2n) is 14.4. The van der Waals surface area contributed by atoms with Crippen molar-refractivity contribution in [2.75, 3.05) is 37.7 Å². The maximum atomic E-state index is 16.9. The molecular formula is C37H38FN7O5. The van der Waals surface area contributed by atoms with Gasteiger partial charge in [0.25, 0.3) is 5.91 Å². The van der Waals surface area contributed by atoms with Crippen molar-refractivity contribution in [3.63, 3.8) is 0 Å². The molecule has 1 aromatic heterocycles. The van der Waals surface area contributed by atoms with Crippen LogP contribution in [0.25, 0.3) is 32.8 Å². The van der Waals surface area contributed by atoms with Crippen molar-refractivity contribution in [2.24, 2.45) is 0 Å². The SMILES string of the molecule is O=C1NC(=O)[C@H](CC(=O)N2[C@@H]3CC[C@H]2CN(c2nc(OCC45CCCN4CCC5)nc4c(F)c(-c5cc(O)cc6ccccc56)ccc24)C3)N1. The zero-order chi connectivity index (χ0) is 34.1. The van der Waals surface area contributed by atoms with Crippen LogP contribution in [0, 0.1) is 5.82 Å². The molecule has 0 radical (unpaired) electrons. The van der Waals surface area contributed by atoms with Gasteiger partial charge in [-0.05, 0) is 86.1 Å². The average molecular weight is 680 g/mol. The molecule has 0 spiro atoms. The fraction of sp³-hybridized carbons (Fsp3) is 0.432. The van der Waals surface area contributed by atoms with Crippen LogP contribution in [0.1, 0.15) is 44.9 Å². The van der Waals surface area contributed by atoms with E-state index in [0.717, 1.165) is 62.4 Å². The van der Waals surface area contributed by atoms with Gasteiger partial charge in [-0.2, -0.15) is 9.97 Å². The second kappa shape index (κ2) is 11.8. The van der Waals surface area contributed by atoms with Crippen LogP contribution in [0.2, 0.25) is 0 Å². The van der Waals surface area contributed by atoms with Gasteiger partial charge in [0.1, 0.15) is 29.7 Å². The van der Waals surface area contributed by atoms with Gasteiger partial charge >= 0.3 is 12.0 Å². The fourth-order valence-corrected chi connectivity index (χ4v) is 9.18. The van der Waals surface area contributed by atoms with Crippen LogP contribution in [0.15, 0.2) is 48.5 Å². The molecule has 0 aliphatic carbocycles. The number of anilines is 1. The summed E-state index contributed by atoms with van der Waals surface area (Å²) in [6.45, 7) is 3.46. The number of urea groups is 1. The minimum Gasteiger partial charge on any atom is -0.508 e. The van der Waals surface area contributed by atoms with E-state index in [-0.39, 0.29) is 47.2 Å². The smallest absolute Gasteiger partial charge is 0.322 e. The molecule has 5 aliphatic rings. The van der Waals surface area contributed by atoms with E-state index >= 15 is 4.39 Å². The van der Waals surface area contributed by atoms with E-state index in [2.05, 4.69) is 20.4 Å². The molecule has 5 aliphatic heterocycles. The second-order valence-corrected chi connectivity index (χ2v) is 14.4. The number of carbonyl (C=O) groups excluding carboxylic acids is 3. The van der Waals surface area contributed by atoms with E-state index in [9.17, 15) is 19.5 Å². The lowest BCUT2D eigenvalue weighted by Crippen LogP contribution is -2.57. The first-order valence-electron chi connectivity index (χ1n) is 17.5. The van der Waals surface area contributed by atoms with Crippen LogP contribution in [-0.4, -0.2) is 99.2 Å². The van der Waals surface area contributed by atoms with E-state index in [1.165, 1.54) is 0 Å². The number of ether oxygens (including phenoxy) is 1. The number of rotatable bonds is 7. The summed E-state index contributed by atoms with van der Waals surface area (Å²) in [5, 5.41) is 17.4. The Balaban J connectivity index is 1.08. The molecule has 5 saturated heterocycles. The Bertz CT molecular complexity index is 2050. The van der Waals surface area contributed by atoms with Crippen molar-refractivity contribution in [1.82, 2.24) is 30.4 Å². The highest BCUT2D eigenvalue weighted by atomic mass is 19.1. The number of amides is 4. The number of aromatic nitrogens is 2. The molecule has 5 fully saturated rings. The van der Waals surface area contributed by atoms with E-state index in [4.69, 9.17) is 14.7 Å². The van der Waals surface area contributed by atoms with Crippen LogP contribution in [0.5, 0.6) is 11.8 Å². The number of hydrogen-bond donors (Lipinski definition) is 3. The minimum atomic E-state index is -0.881. The zero-order valence-electron chi connectivity index (χ0n) is 27.5. The van der Waals surface area contributed by atoms with E-state index in [0.29, 0.717) is 42.0 Å². The molecule has 0 saturated carbocycles. The Morgan fingerprint density at radius 2 is 1.74 bits per heavy atom. The summed E-state index contributed by atoms with van der Waals surface area (Å²) in [6.07, 6.45) is 5.78. The van der Waals surface area contributed by atoms with E-state index in [1.54, 1.807) is 18.2 Å². The van der Waals surface area contributed by atoms with Crippen molar-refractivity contribution in [3.05, 3.63) is 54.3 Å². The number of halogens is 1. The molecule has 12 nitrogen and oxygen atoms in total. The lowest BCUT2D eigenvalue weighted by atomic mass is 9.95. The molecule has 50 heavy (non-hydrogen) atoms. The number of benzene rings is 3. The summed E-state index contributed by atoms with van der Waals surface area (Å²) in [4.78, 5) is 53.4. The van der Waals surface area contributed by atoms with Crippen LogP contribution >= 0.6 is 0 Å². The van der Waals surface area contributed by atoms with Crippen LogP contribution in [-0.2, 0) is 9.59 Å². The normalized spacial score (nSPS) is 24.2. The lowest BCUT2D eigenvalue weighted by molar-refractivity contribution is -0.136. The van der Waals surface area contributed by atoms with Gasteiger partial charge in [-0.1, -0.05) is 30.3 Å². The molecule has 4 amide bonds. The number of carbonyl (C=O) groups is 3. The van der Waals surface area contributed by atoms with Crippen molar-refractivity contribution >= 4 is 45.3 Å². The number of hydrogen-bond acceptors (Lipinski definition) is 9. The molecule has 3 atom stereocenters. The monoisotopic (exact) mass is 679 g/mol. The first-order valence-corrected chi connectivity index (χ1v) is 17.5. The third-order valence-electron chi connectivity index (χ3n) is 11.5. The van der Waals surface area contributed by atoms with Gasteiger partial charge in [-0.3, -0.25) is 19.8 Å². The van der Waals surface area contributed by atoms with Gasteiger partial charge in [-0.15, -0.1) is 0 Å². The van der Waals surface area contributed by atoms with Gasteiger partial charge in [-0.25, -0.2) is 9.18 Å². The van der Waals surface area contributed by atoms with Gasteiger partial charge in [0.05, 0.1) is 12.0 Å². The first kappa shape index (κ1) is 31.0. The van der Waals surface area contributed by atoms with Crippen LogP contribution < -0.4 is 20.3 Å². The number of aromatic hydroxyl groups is 1. The summed E-state index contributed by atoms with van der Waals surface area (Å²) < 4.78 is 23.3. The van der Waals surface area contributed by atoms with Crippen molar-refractivity contribution in [3.8, 4) is 22.9 Å². The summed E-state index contributed by atoms with van der Waals surface area (Å²) >= 11 is 0. The minimum absolute atomic E-state index is 0.0429. The van der Waals surface area contributed by atoms with Crippen molar-refractivity contribution < 1.29 is 28.6 Å². The maximum absolute atomic E-state index is 16.9. The highest BCUT2D eigenvalue weighted by molar-refractivity contribution is 6.06. The van der Waals surface area contributed by atoms with Crippen molar-refractivity contribution in [2.45, 2.75) is 68.6 Å². The fourth-order valence-electron chi connectivity index (χ4n) is 9.18. The molecule has 6 heterocycles. The predicted molar refractivity (Wildman–Crippen MR) is 183 cm³/mol.